The number of hydrogen-bond acceptors (Lipinski definition) is 3. The molecule has 0 amide bonds. The Balaban J connectivity index is 3.29. The topological polar surface area (TPSA) is 46.5 Å². The summed E-state index contributed by atoms with van der Waals surface area (Å²) in [5, 5.41) is 8.86. The molecular formula is C8H12O3. The van der Waals surface area contributed by atoms with Gasteiger partial charge in [0.15, 0.2) is 0 Å². The van der Waals surface area contributed by atoms with Crippen LogP contribution in [-0.4, -0.2) is 24.3 Å². The molecule has 62 valence electrons. The summed E-state index contributed by atoms with van der Waals surface area (Å²) in [6.07, 6.45) is 5.50. The van der Waals surface area contributed by atoms with Crippen molar-refractivity contribution in [3.8, 4) is 12.3 Å². The minimum Gasteiger partial charge on any atom is -0.469 e. The SMILES string of the molecule is C#C[C@H](O)CCCC(=O)OC. The van der Waals surface area contributed by atoms with E-state index >= 15 is 0 Å². The first-order valence-electron chi connectivity index (χ1n) is 3.41. The Hall–Kier alpha value is -1.01. The quantitative estimate of drug-likeness (QED) is 0.471. The zero-order valence-corrected chi connectivity index (χ0v) is 6.54. The molecule has 0 radical (unpaired) electrons. The normalized spacial score (nSPS) is 11.7. The van der Waals surface area contributed by atoms with Crippen LogP contribution in [-0.2, 0) is 9.53 Å². The Kier molecular flexibility index (Phi) is 5.22. The van der Waals surface area contributed by atoms with Crippen molar-refractivity contribution in [1.82, 2.24) is 0 Å². The first-order chi connectivity index (χ1) is 5.20. The van der Waals surface area contributed by atoms with Gasteiger partial charge in [0.25, 0.3) is 0 Å². The Morgan fingerprint density at radius 3 is 2.91 bits per heavy atom. The first kappa shape index (κ1) is 9.99. The van der Waals surface area contributed by atoms with E-state index in [9.17, 15) is 4.79 Å². The number of ether oxygens (including phenoxy) is 1. The monoisotopic (exact) mass is 156 g/mol. The van der Waals surface area contributed by atoms with Gasteiger partial charge in [-0.1, -0.05) is 5.92 Å². The number of methoxy groups -OCH3 is 1. The van der Waals surface area contributed by atoms with E-state index in [-0.39, 0.29) is 5.97 Å². The lowest BCUT2D eigenvalue weighted by Gasteiger charge is -2.01. The maximum Gasteiger partial charge on any atom is 0.305 e. The van der Waals surface area contributed by atoms with Gasteiger partial charge < -0.3 is 9.84 Å². The van der Waals surface area contributed by atoms with Crippen LogP contribution in [0, 0.1) is 12.3 Å². The molecular weight excluding hydrogens is 144 g/mol. The highest BCUT2D eigenvalue weighted by molar-refractivity contribution is 5.68. The molecule has 0 saturated carbocycles. The molecule has 11 heavy (non-hydrogen) atoms. The summed E-state index contributed by atoms with van der Waals surface area (Å²) in [7, 11) is 1.33. The average molecular weight is 156 g/mol. The third-order valence-corrected chi connectivity index (χ3v) is 1.28. The lowest BCUT2D eigenvalue weighted by Crippen LogP contribution is -2.05. The highest BCUT2D eigenvalue weighted by Crippen LogP contribution is 2.00. The highest BCUT2D eigenvalue weighted by atomic mass is 16.5. The van der Waals surface area contributed by atoms with Gasteiger partial charge >= 0.3 is 5.97 Å². The first-order valence-corrected chi connectivity index (χ1v) is 3.41. The molecule has 0 aliphatic rings. The summed E-state index contributed by atoms with van der Waals surface area (Å²) in [5.41, 5.74) is 0. The van der Waals surface area contributed by atoms with Gasteiger partial charge in [0, 0.05) is 6.42 Å². The fraction of sp³-hybridized carbons (Fsp3) is 0.625. The number of esters is 1. The van der Waals surface area contributed by atoms with Crippen molar-refractivity contribution in [2.75, 3.05) is 7.11 Å². The van der Waals surface area contributed by atoms with Crippen molar-refractivity contribution < 1.29 is 14.6 Å². The molecule has 0 spiro atoms. The largest absolute Gasteiger partial charge is 0.469 e. The maximum absolute atomic E-state index is 10.5. The Morgan fingerprint density at radius 2 is 2.45 bits per heavy atom. The van der Waals surface area contributed by atoms with Crippen LogP contribution < -0.4 is 0 Å². The van der Waals surface area contributed by atoms with Crippen LogP contribution in [0.4, 0.5) is 0 Å². The summed E-state index contributed by atoms with van der Waals surface area (Å²) < 4.78 is 4.39. The molecule has 3 nitrogen and oxygen atoms in total. The van der Waals surface area contributed by atoms with E-state index < -0.39 is 6.10 Å². The van der Waals surface area contributed by atoms with E-state index in [2.05, 4.69) is 10.7 Å². The third-order valence-electron chi connectivity index (χ3n) is 1.28. The number of carbonyl (C=O) groups is 1. The van der Waals surface area contributed by atoms with E-state index in [0.29, 0.717) is 19.3 Å². The minimum absolute atomic E-state index is 0.269. The lowest BCUT2D eigenvalue weighted by atomic mass is 10.1. The molecule has 0 aromatic rings. The molecule has 0 aliphatic heterocycles. The van der Waals surface area contributed by atoms with E-state index in [1.54, 1.807) is 0 Å². The summed E-state index contributed by atoms with van der Waals surface area (Å²) in [6, 6.07) is 0. The number of terminal acetylenes is 1. The van der Waals surface area contributed by atoms with Crippen LogP contribution in [0.15, 0.2) is 0 Å². The summed E-state index contributed by atoms with van der Waals surface area (Å²) in [6.45, 7) is 0. The molecule has 0 heterocycles. The van der Waals surface area contributed by atoms with Gasteiger partial charge in [0.05, 0.1) is 7.11 Å². The van der Waals surface area contributed by atoms with Crippen LogP contribution in [0.3, 0.4) is 0 Å². The van der Waals surface area contributed by atoms with E-state index in [0.717, 1.165) is 0 Å². The summed E-state index contributed by atoms with van der Waals surface area (Å²) in [5.74, 6) is 1.89. The highest BCUT2D eigenvalue weighted by Gasteiger charge is 2.02. The molecule has 0 bridgehead atoms. The van der Waals surface area contributed by atoms with Crippen molar-refractivity contribution in [2.45, 2.75) is 25.4 Å². The second-order valence-corrected chi connectivity index (χ2v) is 2.15. The van der Waals surface area contributed by atoms with Crippen LogP contribution in [0.1, 0.15) is 19.3 Å². The lowest BCUT2D eigenvalue weighted by molar-refractivity contribution is -0.140. The van der Waals surface area contributed by atoms with E-state index in [1.807, 2.05) is 0 Å². The van der Waals surface area contributed by atoms with Crippen molar-refractivity contribution in [2.24, 2.45) is 0 Å². The average Bonchev–Trinajstić information content (AvgIpc) is 2.04. The van der Waals surface area contributed by atoms with Gasteiger partial charge in [-0.05, 0) is 12.8 Å². The van der Waals surface area contributed by atoms with Gasteiger partial charge in [-0.2, -0.15) is 0 Å². The second-order valence-electron chi connectivity index (χ2n) is 2.15. The van der Waals surface area contributed by atoms with Gasteiger partial charge in [-0.15, -0.1) is 6.42 Å². The smallest absolute Gasteiger partial charge is 0.305 e. The molecule has 3 heteroatoms. The fourth-order valence-corrected chi connectivity index (χ4v) is 0.625. The van der Waals surface area contributed by atoms with Crippen molar-refractivity contribution >= 4 is 5.97 Å². The minimum atomic E-state index is -0.736. The molecule has 0 saturated heterocycles. The van der Waals surface area contributed by atoms with Crippen molar-refractivity contribution in [1.29, 1.82) is 0 Å². The molecule has 0 aromatic carbocycles. The van der Waals surface area contributed by atoms with Crippen molar-refractivity contribution in [3.05, 3.63) is 0 Å². The standard InChI is InChI=1S/C8H12O3/c1-3-7(9)5-4-6-8(10)11-2/h1,7,9H,4-6H2,2H3/t7-/m0/s1. The number of carbonyl (C=O) groups excluding carboxylic acids is 1. The van der Waals surface area contributed by atoms with E-state index in [1.165, 1.54) is 7.11 Å². The Morgan fingerprint density at radius 1 is 1.82 bits per heavy atom. The molecule has 1 N–H and O–H groups in total. The number of hydrogen-bond donors (Lipinski definition) is 1. The van der Waals surface area contributed by atoms with E-state index in [4.69, 9.17) is 11.5 Å². The summed E-state index contributed by atoms with van der Waals surface area (Å²) in [4.78, 5) is 10.5. The predicted octanol–water partition coefficient (Wildman–Crippen LogP) is 0.324. The third kappa shape index (κ3) is 5.43. The second kappa shape index (κ2) is 5.75. The Labute approximate surface area is 66.4 Å². The zero-order chi connectivity index (χ0) is 8.69. The maximum atomic E-state index is 10.5. The van der Waals surface area contributed by atoms with Gasteiger partial charge in [0.1, 0.15) is 6.10 Å². The van der Waals surface area contributed by atoms with Gasteiger partial charge in [-0.3, -0.25) is 4.79 Å². The Bertz CT molecular complexity index is 157. The van der Waals surface area contributed by atoms with Crippen LogP contribution in [0.25, 0.3) is 0 Å². The van der Waals surface area contributed by atoms with Crippen molar-refractivity contribution in [3.63, 3.8) is 0 Å². The summed E-state index contributed by atoms with van der Waals surface area (Å²) >= 11 is 0. The predicted molar refractivity (Wildman–Crippen MR) is 40.7 cm³/mol. The van der Waals surface area contributed by atoms with Crippen LogP contribution >= 0.6 is 0 Å². The molecule has 0 unspecified atom stereocenters. The molecule has 0 rings (SSSR count). The zero-order valence-electron chi connectivity index (χ0n) is 6.54. The molecule has 0 aromatic heterocycles. The number of rotatable bonds is 4. The van der Waals surface area contributed by atoms with Crippen LogP contribution in [0.2, 0.25) is 0 Å². The molecule has 0 fully saturated rings. The fourth-order valence-electron chi connectivity index (χ4n) is 0.625. The van der Waals surface area contributed by atoms with Gasteiger partial charge in [0.2, 0.25) is 0 Å². The van der Waals surface area contributed by atoms with Gasteiger partial charge in [-0.25, -0.2) is 0 Å². The molecule has 1 atom stereocenters. The number of aliphatic hydroxyl groups excluding tert-OH is 1. The van der Waals surface area contributed by atoms with Crippen LogP contribution in [0.5, 0.6) is 0 Å². The number of aliphatic hydroxyl groups is 1. The molecule has 0 aliphatic carbocycles.